The summed E-state index contributed by atoms with van der Waals surface area (Å²) in [5, 5.41) is 5.62. The summed E-state index contributed by atoms with van der Waals surface area (Å²) in [7, 11) is 3.15. The second-order valence-corrected chi connectivity index (χ2v) is 7.04. The maximum Gasteiger partial charge on any atom is 0.237 e. The van der Waals surface area contributed by atoms with Crippen molar-refractivity contribution in [3.05, 3.63) is 59.4 Å². The van der Waals surface area contributed by atoms with Gasteiger partial charge in [-0.3, -0.25) is 14.5 Å². The van der Waals surface area contributed by atoms with Crippen molar-refractivity contribution in [2.24, 2.45) is 0 Å². The first-order chi connectivity index (χ1) is 14.5. The molecule has 0 bridgehead atoms. The molecule has 1 heterocycles. The van der Waals surface area contributed by atoms with Gasteiger partial charge in [0.05, 0.1) is 26.7 Å². The molecule has 30 heavy (non-hydrogen) atoms. The molecule has 0 saturated carbocycles. The Morgan fingerprint density at radius 1 is 1.20 bits per heavy atom. The van der Waals surface area contributed by atoms with E-state index in [9.17, 15) is 14.0 Å². The molecule has 1 atom stereocenters. The van der Waals surface area contributed by atoms with Crippen LogP contribution in [-0.4, -0.2) is 50.1 Å². The first-order valence-electron chi connectivity index (χ1n) is 9.74. The van der Waals surface area contributed by atoms with Crippen LogP contribution in [0.1, 0.15) is 17.5 Å². The summed E-state index contributed by atoms with van der Waals surface area (Å²) in [5.74, 6) is 0.479. The third kappa shape index (κ3) is 5.27. The Labute approximate surface area is 175 Å². The molecule has 1 fully saturated rings. The van der Waals surface area contributed by atoms with Crippen LogP contribution < -0.4 is 20.1 Å². The molecule has 2 N–H and O–H groups in total. The SMILES string of the molecule is COc1cccc(CN2CCNC(=O)[C@H]2CC(=O)NCc2ccc(F)cc2)c1OC. The number of hydrogen-bond donors (Lipinski definition) is 2. The molecule has 2 amide bonds. The molecule has 3 rings (SSSR count). The van der Waals surface area contributed by atoms with E-state index in [-0.39, 0.29) is 30.6 Å². The zero-order valence-electron chi connectivity index (χ0n) is 17.1. The van der Waals surface area contributed by atoms with Crippen LogP contribution in [0.2, 0.25) is 0 Å². The minimum atomic E-state index is -0.595. The van der Waals surface area contributed by atoms with E-state index >= 15 is 0 Å². The molecule has 2 aromatic rings. The topological polar surface area (TPSA) is 79.9 Å². The van der Waals surface area contributed by atoms with Crippen LogP contribution in [0.3, 0.4) is 0 Å². The Morgan fingerprint density at radius 2 is 1.97 bits per heavy atom. The zero-order chi connectivity index (χ0) is 21.5. The molecule has 1 saturated heterocycles. The summed E-state index contributed by atoms with van der Waals surface area (Å²) in [6.07, 6.45) is 0.0271. The van der Waals surface area contributed by atoms with Gasteiger partial charge in [-0.1, -0.05) is 24.3 Å². The molecule has 0 radical (unpaired) electrons. The summed E-state index contributed by atoms with van der Waals surface area (Å²) in [6, 6.07) is 10.9. The van der Waals surface area contributed by atoms with Crippen molar-refractivity contribution in [2.45, 2.75) is 25.6 Å². The number of para-hydroxylation sites is 1. The number of ether oxygens (including phenoxy) is 2. The molecule has 0 aromatic heterocycles. The second-order valence-electron chi connectivity index (χ2n) is 7.04. The van der Waals surface area contributed by atoms with Gasteiger partial charge in [0, 0.05) is 31.7 Å². The minimum Gasteiger partial charge on any atom is -0.493 e. The summed E-state index contributed by atoms with van der Waals surface area (Å²) in [6.45, 7) is 1.85. The van der Waals surface area contributed by atoms with Crippen molar-refractivity contribution in [1.29, 1.82) is 0 Å². The van der Waals surface area contributed by atoms with Crippen molar-refractivity contribution in [3.8, 4) is 11.5 Å². The van der Waals surface area contributed by atoms with Gasteiger partial charge in [0.2, 0.25) is 11.8 Å². The lowest BCUT2D eigenvalue weighted by atomic mass is 10.1. The summed E-state index contributed by atoms with van der Waals surface area (Å²) < 4.78 is 23.8. The number of methoxy groups -OCH3 is 2. The number of nitrogens with one attached hydrogen (secondary N) is 2. The molecular weight excluding hydrogens is 389 g/mol. The number of amides is 2. The predicted molar refractivity (Wildman–Crippen MR) is 110 cm³/mol. The molecular formula is C22H26FN3O4. The van der Waals surface area contributed by atoms with Gasteiger partial charge in [0.15, 0.2) is 11.5 Å². The number of nitrogens with zero attached hydrogens (tertiary/aromatic N) is 1. The highest BCUT2D eigenvalue weighted by molar-refractivity contribution is 5.88. The molecule has 7 nitrogen and oxygen atoms in total. The number of carbonyl (C=O) groups is 2. The number of hydrogen-bond acceptors (Lipinski definition) is 5. The number of piperazine rings is 1. The Kier molecular flexibility index (Phi) is 7.24. The van der Waals surface area contributed by atoms with E-state index in [0.29, 0.717) is 31.1 Å². The van der Waals surface area contributed by atoms with E-state index in [2.05, 4.69) is 10.6 Å². The minimum absolute atomic E-state index is 0.0271. The van der Waals surface area contributed by atoms with Gasteiger partial charge in [0.1, 0.15) is 5.82 Å². The van der Waals surface area contributed by atoms with E-state index in [1.165, 1.54) is 12.1 Å². The van der Waals surface area contributed by atoms with E-state index < -0.39 is 6.04 Å². The molecule has 0 spiro atoms. The van der Waals surface area contributed by atoms with E-state index in [1.54, 1.807) is 26.4 Å². The maximum absolute atomic E-state index is 13.0. The third-order valence-electron chi connectivity index (χ3n) is 5.08. The van der Waals surface area contributed by atoms with Gasteiger partial charge in [-0.25, -0.2) is 4.39 Å². The van der Waals surface area contributed by atoms with Crippen LogP contribution >= 0.6 is 0 Å². The Hall–Kier alpha value is -3.13. The highest BCUT2D eigenvalue weighted by atomic mass is 19.1. The van der Waals surface area contributed by atoms with Crippen LogP contribution in [0.25, 0.3) is 0 Å². The van der Waals surface area contributed by atoms with Crippen molar-refractivity contribution in [2.75, 3.05) is 27.3 Å². The smallest absolute Gasteiger partial charge is 0.237 e. The van der Waals surface area contributed by atoms with Gasteiger partial charge in [-0.2, -0.15) is 0 Å². The molecule has 1 aliphatic rings. The van der Waals surface area contributed by atoms with Crippen LogP contribution in [0.5, 0.6) is 11.5 Å². The van der Waals surface area contributed by atoms with Crippen LogP contribution in [0, 0.1) is 5.82 Å². The van der Waals surface area contributed by atoms with Crippen LogP contribution in [0.15, 0.2) is 42.5 Å². The molecule has 8 heteroatoms. The third-order valence-corrected chi connectivity index (χ3v) is 5.08. The van der Waals surface area contributed by atoms with Crippen molar-refractivity contribution < 1.29 is 23.5 Å². The van der Waals surface area contributed by atoms with Gasteiger partial charge in [-0.05, 0) is 23.8 Å². The number of halogens is 1. The number of benzene rings is 2. The predicted octanol–water partition coefficient (Wildman–Crippen LogP) is 1.85. The van der Waals surface area contributed by atoms with Crippen molar-refractivity contribution in [3.63, 3.8) is 0 Å². The fraction of sp³-hybridized carbons (Fsp3) is 0.364. The standard InChI is InChI=1S/C22H26FN3O4/c1-29-19-5-3-4-16(21(19)30-2)14-26-11-10-24-22(28)18(26)12-20(27)25-13-15-6-8-17(23)9-7-15/h3-9,18H,10-14H2,1-2H3,(H,24,28)(H,25,27)/t18-/m1/s1. The normalized spacial score (nSPS) is 16.6. The average molecular weight is 415 g/mol. The van der Waals surface area contributed by atoms with E-state index in [4.69, 9.17) is 9.47 Å². The van der Waals surface area contributed by atoms with Crippen molar-refractivity contribution >= 4 is 11.8 Å². The summed E-state index contributed by atoms with van der Waals surface area (Å²) in [4.78, 5) is 26.9. The average Bonchev–Trinajstić information content (AvgIpc) is 2.75. The monoisotopic (exact) mass is 415 g/mol. The quantitative estimate of drug-likeness (QED) is 0.688. The molecule has 0 unspecified atom stereocenters. The van der Waals surface area contributed by atoms with Crippen LogP contribution in [-0.2, 0) is 22.7 Å². The lowest BCUT2D eigenvalue weighted by Gasteiger charge is -2.35. The number of carbonyl (C=O) groups excluding carboxylic acids is 2. The van der Waals surface area contributed by atoms with Gasteiger partial charge in [-0.15, -0.1) is 0 Å². The van der Waals surface area contributed by atoms with E-state index in [1.807, 2.05) is 23.1 Å². The largest absolute Gasteiger partial charge is 0.493 e. The first-order valence-corrected chi connectivity index (χ1v) is 9.74. The van der Waals surface area contributed by atoms with Crippen LogP contribution in [0.4, 0.5) is 4.39 Å². The Balaban J connectivity index is 1.66. The summed E-state index contributed by atoms with van der Waals surface area (Å²) >= 11 is 0. The Morgan fingerprint density at radius 3 is 2.67 bits per heavy atom. The van der Waals surface area contributed by atoms with Gasteiger partial charge in [0.25, 0.3) is 0 Å². The molecule has 0 aliphatic carbocycles. The zero-order valence-corrected chi connectivity index (χ0v) is 17.1. The lowest BCUT2D eigenvalue weighted by Crippen LogP contribution is -2.56. The molecule has 1 aliphatic heterocycles. The number of rotatable bonds is 8. The maximum atomic E-state index is 13.0. The second kappa shape index (κ2) is 10.1. The molecule has 2 aromatic carbocycles. The van der Waals surface area contributed by atoms with Gasteiger partial charge >= 0.3 is 0 Å². The fourth-order valence-electron chi connectivity index (χ4n) is 3.52. The Bertz CT molecular complexity index is 888. The highest BCUT2D eigenvalue weighted by Crippen LogP contribution is 2.32. The van der Waals surface area contributed by atoms with Gasteiger partial charge < -0.3 is 20.1 Å². The lowest BCUT2D eigenvalue weighted by molar-refractivity contribution is -0.134. The molecule has 160 valence electrons. The fourth-order valence-corrected chi connectivity index (χ4v) is 3.52. The highest BCUT2D eigenvalue weighted by Gasteiger charge is 2.32. The first kappa shape index (κ1) is 21.6. The van der Waals surface area contributed by atoms with Crippen molar-refractivity contribution in [1.82, 2.24) is 15.5 Å². The summed E-state index contributed by atoms with van der Waals surface area (Å²) in [5.41, 5.74) is 1.67. The van der Waals surface area contributed by atoms with E-state index in [0.717, 1.165) is 11.1 Å².